The van der Waals surface area contributed by atoms with Crippen LogP contribution >= 0.6 is 0 Å². The van der Waals surface area contributed by atoms with Crippen LogP contribution in [0.2, 0.25) is 0 Å². The van der Waals surface area contributed by atoms with Gasteiger partial charge in [-0.05, 0) is 0 Å². The van der Waals surface area contributed by atoms with E-state index in [1.807, 2.05) is 0 Å². The van der Waals surface area contributed by atoms with Crippen LogP contribution in [0.15, 0.2) is 0 Å². The van der Waals surface area contributed by atoms with E-state index in [1.165, 1.54) is 0 Å². The zero-order valence-corrected chi connectivity index (χ0v) is 7.52. The maximum Gasteiger partial charge on any atom is 0.487 e. The summed E-state index contributed by atoms with van der Waals surface area (Å²) in [4.78, 5) is 0. The Morgan fingerprint density at radius 3 is 1.57 bits per heavy atom. The molecule has 0 aromatic heterocycles. The lowest BCUT2D eigenvalue weighted by Crippen LogP contribution is -2.35. The van der Waals surface area contributed by atoms with E-state index in [0.29, 0.717) is 0 Å². The van der Waals surface area contributed by atoms with Crippen molar-refractivity contribution in [2.45, 2.75) is 11.0 Å². The topological polar surface area (TPSA) is 51.2 Å². The van der Waals surface area contributed by atoms with Crippen molar-refractivity contribution in [1.29, 1.82) is 0 Å². The Morgan fingerprint density at radius 1 is 1.00 bits per heavy atom. The second kappa shape index (κ2) is 3.72. The number of rotatable bonds is 2. The van der Waals surface area contributed by atoms with Gasteiger partial charge in [0, 0.05) is 0 Å². The first-order chi connectivity index (χ1) is 5.88. The summed E-state index contributed by atoms with van der Waals surface area (Å²) in [6.45, 7) is 0. The molecule has 1 radical (unpaired) electrons. The van der Waals surface area contributed by atoms with Gasteiger partial charge in [0.25, 0.3) is 0 Å². The summed E-state index contributed by atoms with van der Waals surface area (Å²) < 4.78 is 98.6. The minimum absolute atomic E-state index is 1.28. The monoisotopic (exact) mass is 261 g/mol. The van der Waals surface area contributed by atoms with Crippen LogP contribution in [0.3, 0.4) is 0 Å². The smallest absolute Gasteiger partial charge is 0.262 e. The van der Waals surface area contributed by atoms with Crippen molar-refractivity contribution in [3.8, 4) is 0 Å². The summed E-state index contributed by atoms with van der Waals surface area (Å²) in [5, 5.41) is 0. The molecule has 0 heterocycles. The molecule has 0 N–H and O–H groups in total. The predicted molar refractivity (Wildman–Crippen MR) is 34.9 cm³/mol. The molecule has 0 aromatic rings. The Kier molecular flexibility index (Phi) is 3.65. The molecule has 0 aliphatic rings. The summed E-state index contributed by atoms with van der Waals surface area (Å²) in [6.07, 6.45) is 0. The molecule has 3 nitrogen and oxygen atoms in total. The Morgan fingerprint density at radius 2 is 1.36 bits per heavy atom. The normalized spacial score (nSPS) is 16.4. The van der Waals surface area contributed by atoms with E-state index in [0.717, 1.165) is 0 Å². The first-order valence-electron chi connectivity index (χ1n) is 2.51. The van der Waals surface area contributed by atoms with Gasteiger partial charge in [0.2, 0.25) is 9.69 Å². The second-order valence-electron chi connectivity index (χ2n) is 1.83. The fraction of sp³-hybridized carbons (Fsp3) is 1.00. The van der Waals surface area contributed by atoms with Gasteiger partial charge in [0.05, 0.1) is 10.7 Å². The molecule has 0 saturated heterocycles. The second-order valence-corrected chi connectivity index (χ2v) is 5.21. The van der Waals surface area contributed by atoms with Gasteiger partial charge in [-0.15, -0.1) is 0 Å². The Balaban J connectivity index is 4.82. The highest BCUT2D eigenvalue weighted by Crippen LogP contribution is 2.27. The molecule has 0 bridgehead atoms. The van der Waals surface area contributed by atoms with Crippen LogP contribution in [0.4, 0.5) is 26.3 Å². The highest BCUT2D eigenvalue weighted by Gasteiger charge is 2.52. The Hall–Kier alpha value is -0.255. The molecule has 0 spiro atoms. The van der Waals surface area contributed by atoms with Crippen LogP contribution in [0, 0.1) is 0 Å². The lowest BCUT2D eigenvalue weighted by molar-refractivity contribution is -0.0414. The third-order valence-electron chi connectivity index (χ3n) is 0.765. The average Bonchev–Trinajstić information content (AvgIpc) is 1.80. The van der Waals surface area contributed by atoms with Crippen LogP contribution in [-0.2, 0) is 20.3 Å². The van der Waals surface area contributed by atoms with E-state index in [2.05, 4.69) is 0 Å². The van der Waals surface area contributed by atoms with Crippen molar-refractivity contribution >= 4 is 26.2 Å². The molecule has 0 aliphatic heterocycles. The number of alkyl halides is 6. The summed E-state index contributed by atoms with van der Waals surface area (Å²) in [5.74, 6) is -1.28. The van der Waals surface area contributed by atoms with Gasteiger partial charge >= 0.3 is 16.9 Å². The van der Waals surface area contributed by atoms with Crippen LogP contribution in [0.1, 0.15) is 0 Å². The molecule has 12 heteroatoms. The molecule has 83 valence electrons. The van der Waals surface area contributed by atoms with Gasteiger partial charge in [-0.1, -0.05) is 0 Å². The maximum atomic E-state index is 11.5. The number of hydrogen-bond acceptors (Lipinski definition) is 3. The van der Waals surface area contributed by atoms with E-state index in [9.17, 15) is 39.0 Å². The summed E-state index contributed by atoms with van der Waals surface area (Å²) in [7, 11) is -10.3. The minimum atomic E-state index is -6.13. The standard InChI is InChI=1S/C2BF6O3S2/c4-1(5,6)13(10)3-14(11,12)2(7,8)9. The van der Waals surface area contributed by atoms with Gasteiger partial charge in [0.1, 0.15) is 0 Å². The van der Waals surface area contributed by atoms with Crippen LogP contribution in [0.25, 0.3) is 0 Å². The van der Waals surface area contributed by atoms with Crippen molar-refractivity contribution in [2.75, 3.05) is 0 Å². The highest BCUT2D eigenvalue weighted by molar-refractivity contribution is 8.41. The molecule has 0 fully saturated rings. The third kappa shape index (κ3) is 3.48. The zero-order chi connectivity index (χ0) is 11.8. The SMILES string of the molecule is O=S([B]S(=O)(=O)C(F)(F)F)C(F)(F)F. The van der Waals surface area contributed by atoms with Gasteiger partial charge in [-0.25, -0.2) is 8.42 Å². The average molecular weight is 261 g/mol. The fourth-order valence-electron chi connectivity index (χ4n) is 0.224. The Labute approximate surface area is 76.9 Å². The molecule has 1 atom stereocenters. The van der Waals surface area contributed by atoms with Crippen molar-refractivity contribution in [3.63, 3.8) is 0 Å². The predicted octanol–water partition coefficient (Wildman–Crippen LogP) is 0.724. The molecule has 14 heavy (non-hydrogen) atoms. The lowest BCUT2D eigenvalue weighted by Gasteiger charge is -2.07. The largest absolute Gasteiger partial charge is 0.487 e. The highest BCUT2D eigenvalue weighted by atomic mass is 32.3. The Bertz CT molecular complexity index is 326. The quantitative estimate of drug-likeness (QED) is 0.543. The summed E-state index contributed by atoms with van der Waals surface area (Å²) in [6, 6.07) is 0. The minimum Gasteiger partial charge on any atom is -0.262 e. The van der Waals surface area contributed by atoms with Crippen LogP contribution in [-0.4, -0.2) is 29.5 Å². The van der Waals surface area contributed by atoms with E-state index in [1.54, 1.807) is 0 Å². The molecule has 0 saturated carbocycles. The van der Waals surface area contributed by atoms with Crippen LogP contribution < -0.4 is 0 Å². The zero-order valence-electron chi connectivity index (χ0n) is 5.89. The van der Waals surface area contributed by atoms with Crippen molar-refractivity contribution in [3.05, 3.63) is 0 Å². The summed E-state index contributed by atoms with van der Waals surface area (Å²) in [5.41, 5.74) is -11.4. The van der Waals surface area contributed by atoms with Crippen molar-refractivity contribution < 1.29 is 39.0 Å². The van der Waals surface area contributed by atoms with E-state index < -0.39 is 37.2 Å². The summed E-state index contributed by atoms with van der Waals surface area (Å²) >= 11 is 0. The van der Waals surface area contributed by atoms with Gasteiger partial charge < -0.3 is 0 Å². The molecule has 1 unspecified atom stereocenters. The molecule has 0 rings (SSSR count). The number of hydrogen-bond donors (Lipinski definition) is 0. The van der Waals surface area contributed by atoms with E-state index in [4.69, 9.17) is 0 Å². The lowest BCUT2D eigenvalue weighted by atomic mass is 10.7. The first-order valence-corrected chi connectivity index (χ1v) is 5.27. The van der Waals surface area contributed by atoms with Gasteiger partial charge in [-0.3, -0.25) is 4.21 Å². The molecule has 0 amide bonds. The van der Waals surface area contributed by atoms with Crippen molar-refractivity contribution in [1.82, 2.24) is 0 Å². The molecule has 0 aliphatic carbocycles. The van der Waals surface area contributed by atoms with Gasteiger partial charge in [0.15, 0.2) is 0 Å². The van der Waals surface area contributed by atoms with Gasteiger partial charge in [-0.2, -0.15) is 26.3 Å². The van der Waals surface area contributed by atoms with E-state index in [-0.39, 0.29) is 0 Å². The third-order valence-corrected chi connectivity index (χ3v) is 3.58. The molecule has 0 aromatic carbocycles. The number of halogens is 6. The van der Waals surface area contributed by atoms with E-state index >= 15 is 0 Å². The first kappa shape index (κ1) is 13.7. The van der Waals surface area contributed by atoms with Crippen molar-refractivity contribution in [2.24, 2.45) is 0 Å². The molecular formula is C2BF6O3S2. The van der Waals surface area contributed by atoms with Crippen LogP contribution in [0.5, 0.6) is 0 Å². The maximum absolute atomic E-state index is 11.5. The molecular weight excluding hydrogens is 261 g/mol. The fourth-order valence-corrected chi connectivity index (χ4v) is 2.02.